The molecule has 0 bridgehead atoms. The molecule has 0 aromatic heterocycles. The Morgan fingerprint density at radius 3 is 1.84 bits per heavy atom. The van der Waals surface area contributed by atoms with Crippen molar-refractivity contribution in [1.29, 1.82) is 0 Å². The predicted molar refractivity (Wildman–Crippen MR) is 74.9 cm³/mol. The van der Waals surface area contributed by atoms with Gasteiger partial charge in [-0.25, -0.2) is 0 Å². The van der Waals surface area contributed by atoms with Crippen molar-refractivity contribution in [3.63, 3.8) is 0 Å². The normalized spacial score (nSPS) is 10.8. The SMILES string of the molecule is NCC(=O)c1ccc(N=Nc2ccc(N)cc2)cc1. The molecular weight excluding hydrogens is 240 g/mol. The Hall–Kier alpha value is -2.53. The largest absolute Gasteiger partial charge is 0.399 e. The van der Waals surface area contributed by atoms with Crippen molar-refractivity contribution < 1.29 is 4.79 Å². The highest BCUT2D eigenvalue weighted by Crippen LogP contribution is 2.19. The van der Waals surface area contributed by atoms with Crippen molar-refractivity contribution >= 4 is 22.8 Å². The van der Waals surface area contributed by atoms with Crippen LogP contribution in [0.5, 0.6) is 0 Å². The quantitative estimate of drug-likeness (QED) is 0.499. The van der Waals surface area contributed by atoms with Crippen molar-refractivity contribution in [2.75, 3.05) is 12.3 Å². The lowest BCUT2D eigenvalue weighted by Gasteiger charge is -1.98. The maximum atomic E-state index is 11.3. The van der Waals surface area contributed by atoms with Crippen LogP contribution in [0.2, 0.25) is 0 Å². The second-order valence-corrected chi connectivity index (χ2v) is 3.97. The zero-order valence-corrected chi connectivity index (χ0v) is 10.3. The lowest BCUT2D eigenvalue weighted by molar-refractivity contribution is 0.100. The average Bonchev–Trinajstić information content (AvgIpc) is 2.46. The molecule has 19 heavy (non-hydrogen) atoms. The van der Waals surface area contributed by atoms with Gasteiger partial charge in [0.25, 0.3) is 0 Å². The third-order valence-electron chi connectivity index (χ3n) is 2.55. The lowest BCUT2D eigenvalue weighted by Crippen LogP contribution is -2.13. The molecule has 2 aromatic rings. The standard InChI is InChI=1S/C14H14N4O/c15-9-14(19)10-1-5-12(6-2-10)17-18-13-7-3-11(16)4-8-13/h1-8H,9,15-16H2. The van der Waals surface area contributed by atoms with Gasteiger partial charge in [-0.1, -0.05) is 0 Å². The maximum Gasteiger partial charge on any atom is 0.176 e. The predicted octanol–water partition coefficient (Wildman–Crippen LogP) is 2.83. The van der Waals surface area contributed by atoms with Gasteiger partial charge in [0.2, 0.25) is 0 Å². The van der Waals surface area contributed by atoms with E-state index in [1.807, 2.05) is 0 Å². The van der Waals surface area contributed by atoms with Gasteiger partial charge in [-0.15, -0.1) is 0 Å². The topological polar surface area (TPSA) is 93.8 Å². The fourth-order valence-electron chi connectivity index (χ4n) is 1.49. The molecule has 2 aromatic carbocycles. The minimum atomic E-state index is -0.0953. The van der Waals surface area contributed by atoms with Gasteiger partial charge in [0.1, 0.15) is 0 Å². The Morgan fingerprint density at radius 1 is 0.895 bits per heavy atom. The molecule has 0 saturated carbocycles. The van der Waals surface area contributed by atoms with Gasteiger partial charge in [0.05, 0.1) is 17.9 Å². The third-order valence-corrected chi connectivity index (χ3v) is 2.55. The van der Waals surface area contributed by atoms with Crippen LogP contribution in [0.3, 0.4) is 0 Å². The number of nitrogens with zero attached hydrogens (tertiary/aromatic N) is 2. The molecule has 0 aliphatic rings. The summed E-state index contributed by atoms with van der Waals surface area (Å²) in [5, 5.41) is 8.15. The van der Waals surface area contributed by atoms with Crippen molar-refractivity contribution in [1.82, 2.24) is 0 Å². The second-order valence-electron chi connectivity index (χ2n) is 3.97. The number of hydrogen-bond donors (Lipinski definition) is 2. The molecule has 5 heteroatoms. The number of nitrogens with two attached hydrogens (primary N) is 2. The molecule has 0 unspecified atom stereocenters. The molecular formula is C14H14N4O. The van der Waals surface area contributed by atoms with Crippen LogP contribution in [0.1, 0.15) is 10.4 Å². The molecule has 0 radical (unpaired) electrons. The summed E-state index contributed by atoms with van der Waals surface area (Å²) >= 11 is 0. The molecule has 0 aliphatic carbocycles. The first kappa shape index (κ1) is 12.9. The first-order valence-corrected chi connectivity index (χ1v) is 5.79. The molecule has 0 spiro atoms. The van der Waals surface area contributed by atoms with Gasteiger partial charge in [-0.3, -0.25) is 4.79 Å². The maximum absolute atomic E-state index is 11.3. The van der Waals surface area contributed by atoms with Crippen molar-refractivity contribution in [3.8, 4) is 0 Å². The summed E-state index contributed by atoms with van der Waals surface area (Å²) in [6, 6.07) is 13.9. The number of anilines is 1. The molecule has 0 saturated heterocycles. The number of Topliss-reactive ketones (excluding diaryl/α,β-unsaturated/α-hetero) is 1. The highest BCUT2D eigenvalue weighted by atomic mass is 16.1. The summed E-state index contributed by atoms with van der Waals surface area (Å²) in [6.07, 6.45) is 0. The zero-order chi connectivity index (χ0) is 13.7. The van der Waals surface area contributed by atoms with Gasteiger partial charge in [-0.2, -0.15) is 10.2 Å². The van der Waals surface area contributed by atoms with Crippen molar-refractivity contribution in [2.24, 2.45) is 16.0 Å². The molecule has 4 N–H and O–H groups in total. The van der Waals surface area contributed by atoms with Crippen molar-refractivity contribution in [3.05, 3.63) is 54.1 Å². The Balaban J connectivity index is 2.11. The van der Waals surface area contributed by atoms with E-state index in [4.69, 9.17) is 11.5 Å². The van der Waals surface area contributed by atoms with Crippen LogP contribution in [0.15, 0.2) is 58.8 Å². The number of benzene rings is 2. The van der Waals surface area contributed by atoms with Gasteiger partial charge >= 0.3 is 0 Å². The van der Waals surface area contributed by atoms with E-state index in [0.29, 0.717) is 16.9 Å². The second kappa shape index (κ2) is 5.88. The summed E-state index contributed by atoms with van der Waals surface area (Å²) in [6.45, 7) is 0.00625. The Morgan fingerprint density at radius 2 is 1.37 bits per heavy atom. The number of rotatable bonds is 4. The highest BCUT2D eigenvalue weighted by Gasteiger charge is 2.01. The summed E-state index contributed by atoms with van der Waals surface area (Å²) in [7, 11) is 0. The molecule has 96 valence electrons. The highest BCUT2D eigenvalue weighted by molar-refractivity contribution is 5.97. The molecule has 0 atom stereocenters. The summed E-state index contributed by atoms with van der Waals surface area (Å²) < 4.78 is 0. The first-order chi connectivity index (χ1) is 9.19. The number of carbonyl (C=O) groups excluding carboxylic acids is 1. The smallest absolute Gasteiger partial charge is 0.176 e. The lowest BCUT2D eigenvalue weighted by atomic mass is 10.1. The summed E-state index contributed by atoms with van der Waals surface area (Å²) in [5.74, 6) is -0.0953. The minimum Gasteiger partial charge on any atom is -0.399 e. The first-order valence-electron chi connectivity index (χ1n) is 5.79. The van der Waals surface area contributed by atoms with Crippen LogP contribution in [0.25, 0.3) is 0 Å². The van der Waals surface area contributed by atoms with Crippen LogP contribution in [0.4, 0.5) is 17.1 Å². The number of hydrogen-bond acceptors (Lipinski definition) is 5. The van der Waals surface area contributed by atoms with Crippen LogP contribution in [0, 0.1) is 0 Å². The third kappa shape index (κ3) is 3.46. The fourth-order valence-corrected chi connectivity index (χ4v) is 1.49. The van der Waals surface area contributed by atoms with Crippen LogP contribution >= 0.6 is 0 Å². The van der Waals surface area contributed by atoms with E-state index in [1.54, 1.807) is 48.5 Å². The van der Waals surface area contributed by atoms with E-state index in [-0.39, 0.29) is 12.3 Å². The van der Waals surface area contributed by atoms with E-state index in [1.165, 1.54) is 0 Å². The number of nitrogen functional groups attached to an aromatic ring is 1. The molecule has 0 amide bonds. The summed E-state index contributed by atoms with van der Waals surface area (Å²) in [5.41, 5.74) is 13.5. The van der Waals surface area contributed by atoms with E-state index in [2.05, 4.69) is 10.2 Å². The van der Waals surface area contributed by atoms with Crippen LogP contribution < -0.4 is 11.5 Å². The van der Waals surface area contributed by atoms with Gasteiger partial charge in [0.15, 0.2) is 5.78 Å². The Labute approximate surface area is 111 Å². The van der Waals surface area contributed by atoms with E-state index in [9.17, 15) is 4.79 Å². The number of carbonyl (C=O) groups is 1. The number of ketones is 1. The molecule has 0 fully saturated rings. The van der Waals surface area contributed by atoms with Gasteiger partial charge < -0.3 is 11.5 Å². The van der Waals surface area contributed by atoms with E-state index >= 15 is 0 Å². The van der Waals surface area contributed by atoms with Gasteiger partial charge in [-0.05, 0) is 48.5 Å². The molecule has 0 aliphatic heterocycles. The Kier molecular flexibility index (Phi) is 4.00. The summed E-state index contributed by atoms with van der Waals surface area (Å²) in [4.78, 5) is 11.3. The van der Waals surface area contributed by atoms with E-state index in [0.717, 1.165) is 5.69 Å². The fraction of sp³-hybridized carbons (Fsp3) is 0.0714. The monoisotopic (exact) mass is 254 g/mol. The van der Waals surface area contributed by atoms with E-state index < -0.39 is 0 Å². The molecule has 2 rings (SSSR count). The molecule has 5 nitrogen and oxygen atoms in total. The minimum absolute atomic E-state index is 0.00625. The Bertz CT molecular complexity index is 588. The van der Waals surface area contributed by atoms with Crippen molar-refractivity contribution in [2.45, 2.75) is 0 Å². The van der Waals surface area contributed by atoms with Crippen LogP contribution in [-0.4, -0.2) is 12.3 Å². The van der Waals surface area contributed by atoms with Gasteiger partial charge in [0, 0.05) is 11.3 Å². The van der Waals surface area contributed by atoms with Crippen LogP contribution in [-0.2, 0) is 0 Å². The zero-order valence-electron chi connectivity index (χ0n) is 10.3. The molecule has 0 heterocycles. The average molecular weight is 254 g/mol. The number of azo groups is 1.